The molecule has 2 N–H and O–H groups in total. The maximum atomic E-state index is 13.3. The molecule has 202 valence electrons. The first-order chi connectivity index (χ1) is 18.2. The minimum atomic E-state index is -4.43. The molecule has 1 saturated heterocycles. The van der Waals surface area contributed by atoms with Crippen LogP contribution >= 0.6 is 0 Å². The summed E-state index contributed by atoms with van der Waals surface area (Å²) in [7, 11) is -3.51. The summed E-state index contributed by atoms with van der Waals surface area (Å²) in [5.41, 5.74) is 1.03. The van der Waals surface area contributed by atoms with Crippen molar-refractivity contribution >= 4 is 21.5 Å². The summed E-state index contributed by atoms with van der Waals surface area (Å²) < 4.78 is 70.2. The van der Waals surface area contributed by atoms with Crippen LogP contribution in [0, 0.1) is 0 Å². The Morgan fingerprint density at radius 2 is 1.55 bits per heavy atom. The van der Waals surface area contributed by atoms with Gasteiger partial charge in [0, 0.05) is 25.0 Å². The first kappa shape index (κ1) is 26.4. The van der Waals surface area contributed by atoms with Crippen molar-refractivity contribution in [3.63, 3.8) is 0 Å². The van der Waals surface area contributed by atoms with Gasteiger partial charge in [-0.2, -0.15) is 13.2 Å². The van der Waals surface area contributed by atoms with Gasteiger partial charge in [0.1, 0.15) is 11.6 Å². The van der Waals surface area contributed by atoms with Gasteiger partial charge in [0.05, 0.1) is 28.4 Å². The van der Waals surface area contributed by atoms with Crippen molar-refractivity contribution in [2.45, 2.75) is 60.5 Å². The third-order valence-electron chi connectivity index (χ3n) is 7.11. The minimum absolute atomic E-state index is 0.0432. The number of rotatable bonds is 7. The number of aromatic nitrogens is 2. The Balaban J connectivity index is 1.19. The highest BCUT2D eigenvalue weighted by Gasteiger charge is 2.33. The normalized spacial score (nSPS) is 22.2. The Bertz CT molecular complexity index is 1340. The molecule has 1 aliphatic heterocycles. The van der Waals surface area contributed by atoms with E-state index in [1.807, 2.05) is 24.3 Å². The summed E-state index contributed by atoms with van der Waals surface area (Å²) in [4.78, 5) is 8.52. The van der Waals surface area contributed by atoms with Crippen molar-refractivity contribution in [3.05, 3.63) is 66.5 Å². The Morgan fingerprint density at radius 3 is 2.18 bits per heavy atom. The van der Waals surface area contributed by atoms with Crippen LogP contribution in [-0.2, 0) is 20.8 Å². The summed E-state index contributed by atoms with van der Waals surface area (Å²) in [5, 5.41) is 6.00. The van der Waals surface area contributed by atoms with Gasteiger partial charge in [-0.05, 0) is 79.6 Å². The third kappa shape index (κ3) is 6.10. The van der Waals surface area contributed by atoms with Crippen LogP contribution in [0.1, 0.15) is 37.7 Å². The predicted octanol–water partition coefficient (Wildman–Crippen LogP) is 5.56. The van der Waals surface area contributed by atoms with Crippen LogP contribution < -0.4 is 10.6 Å². The van der Waals surface area contributed by atoms with Crippen molar-refractivity contribution in [1.82, 2.24) is 9.97 Å². The first-order valence-corrected chi connectivity index (χ1v) is 14.2. The molecular formula is C27H29F3N4O3S. The van der Waals surface area contributed by atoms with Gasteiger partial charge >= 0.3 is 6.18 Å². The lowest BCUT2D eigenvalue weighted by atomic mass is 9.95. The van der Waals surface area contributed by atoms with Gasteiger partial charge in [0.25, 0.3) is 0 Å². The maximum Gasteiger partial charge on any atom is 0.417 e. The van der Waals surface area contributed by atoms with E-state index in [1.54, 1.807) is 18.3 Å². The molecule has 0 spiro atoms. The molecule has 38 heavy (non-hydrogen) atoms. The summed E-state index contributed by atoms with van der Waals surface area (Å²) in [6.07, 6.45) is 1.13. The zero-order valence-corrected chi connectivity index (χ0v) is 21.4. The highest BCUT2D eigenvalue weighted by molar-refractivity contribution is 7.92. The van der Waals surface area contributed by atoms with E-state index in [9.17, 15) is 21.6 Å². The van der Waals surface area contributed by atoms with Crippen molar-refractivity contribution in [1.29, 1.82) is 0 Å². The smallest absolute Gasteiger partial charge is 0.379 e. The summed E-state index contributed by atoms with van der Waals surface area (Å²) in [5.74, 6) is 1.11. The lowest BCUT2D eigenvalue weighted by Crippen LogP contribution is -2.33. The van der Waals surface area contributed by atoms with E-state index in [1.165, 1.54) is 6.07 Å². The third-order valence-corrected chi connectivity index (χ3v) is 9.39. The largest absolute Gasteiger partial charge is 0.417 e. The number of benzene rings is 1. The predicted molar refractivity (Wildman–Crippen MR) is 139 cm³/mol. The van der Waals surface area contributed by atoms with Crippen LogP contribution in [0.25, 0.3) is 11.1 Å². The average molecular weight is 547 g/mol. The molecule has 2 aliphatic rings. The number of hydrogen-bond acceptors (Lipinski definition) is 7. The Kier molecular flexibility index (Phi) is 7.58. The molecule has 1 saturated carbocycles. The lowest BCUT2D eigenvalue weighted by Gasteiger charge is -2.29. The van der Waals surface area contributed by atoms with Crippen molar-refractivity contribution < 1.29 is 26.3 Å². The second-order valence-electron chi connectivity index (χ2n) is 9.75. The fraction of sp³-hybridized carbons (Fsp3) is 0.407. The quantitative estimate of drug-likeness (QED) is 0.401. The first-order valence-electron chi connectivity index (χ1n) is 12.6. The van der Waals surface area contributed by atoms with Crippen LogP contribution in [0.5, 0.6) is 0 Å². The number of nitrogens with zero attached hydrogens (tertiary/aromatic N) is 2. The standard InChI is InChI=1S/C27H29F3N4O3S/c28-27(29,30)20-3-10-25(32-16-20)33-21-4-8-24(9-5-21)38(35,36)23-6-1-18(2-7-23)19-11-13-31-26(15-19)34-22-12-14-37-17-22/h1-3,6-7,10-11,13,15-16,21-22,24H,4-5,8-9,12,14,17H2,(H,31,34)(H,32,33)/t21-,22?,24-. The van der Waals surface area contributed by atoms with E-state index in [0.717, 1.165) is 42.2 Å². The number of nitrogens with one attached hydrogen (secondary N) is 2. The molecular weight excluding hydrogens is 517 g/mol. The highest BCUT2D eigenvalue weighted by atomic mass is 32.2. The molecule has 0 bridgehead atoms. The molecule has 2 fully saturated rings. The molecule has 1 unspecified atom stereocenters. The van der Waals surface area contributed by atoms with Gasteiger partial charge in [-0.15, -0.1) is 0 Å². The number of alkyl halides is 3. The second kappa shape index (κ2) is 10.9. The molecule has 3 aromatic rings. The molecule has 1 aromatic carbocycles. The van der Waals surface area contributed by atoms with Crippen LogP contribution in [0.15, 0.2) is 65.8 Å². The van der Waals surface area contributed by atoms with Crippen molar-refractivity contribution in [2.75, 3.05) is 23.8 Å². The number of halogens is 3. The number of ether oxygens (including phenoxy) is 1. The van der Waals surface area contributed by atoms with Gasteiger partial charge in [0.2, 0.25) is 0 Å². The van der Waals surface area contributed by atoms with Gasteiger partial charge in [-0.3, -0.25) is 0 Å². The van der Waals surface area contributed by atoms with Gasteiger partial charge in [0.15, 0.2) is 9.84 Å². The number of sulfone groups is 1. The molecule has 3 heterocycles. The summed E-state index contributed by atoms with van der Waals surface area (Å²) in [6, 6.07) is 13.3. The number of hydrogen-bond donors (Lipinski definition) is 2. The molecule has 5 rings (SSSR count). The van der Waals surface area contributed by atoms with E-state index < -0.39 is 26.8 Å². The second-order valence-corrected chi connectivity index (χ2v) is 12.0. The van der Waals surface area contributed by atoms with Crippen LogP contribution in [0.4, 0.5) is 24.8 Å². The molecule has 2 aromatic heterocycles. The summed E-state index contributed by atoms with van der Waals surface area (Å²) >= 11 is 0. The number of pyridine rings is 2. The number of anilines is 2. The molecule has 11 heteroatoms. The SMILES string of the molecule is O=S(=O)(c1ccc(-c2ccnc(NC3CCOC3)c2)cc1)[C@H]1CC[C@H](Nc2ccc(C(F)(F)F)cn2)CC1. The van der Waals surface area contributed by atoms with E-state index in [2.05, 4.69) is 20.6 Å². The zero-order chi connectivity index (χ0) is 26.8. The fourth-order valence-corrected chi connectivity index (χ4v) is 6.74. The van der Waals surface area contributed by atoms with Gasteiger partial charge in [-0.25, -0.2) is 18.4 Å². The Hall–Kier alpha value is -3.18. The van der Waals surface area contributed by atoms with E-state index in [-0.39, 0.29) is 17.0 Å². The zero-order valence-electron chi connectivity index (χ0n) is 20.6. The molecule has 0 amide bonds. The fourth-order valence-electron chi connectivity index (χ4n) is 4.95. The molecule has 0 radical (unpaired) electrons. The van der Waals surface area contributed by atoms with Crippen LogP contribution in [-0.4, -0.2) is 48.9 Å². The van der Waals surface area contributed by atoms with E-state index in [4.69, 9.17) is 4.74 Å². The molecule has 7 nitrogen and oxygen atoms in total. The van der Waals surface area contributed by atoms with Crippen molar-refractivity contribution in [3.8, 4) is 11.1 Å². The lowest BCUT2D eigenvalue weighted by molar-refractivity contribution is -0.137. The van der Waals surface area contributed by atoms with Gasteiger partial charge in [-0.1, -0.05) is 12.1 Å². The topological polar surface area (TPSA) is 93.2 Å². The Labute approximate surface area is 219 Å². The summed E-state index contributed by atoms with van der Waals surface area (Å²) in [6.45, 7) is 1.39. The Morgan fingerprint density at radius 1 is 0.816 bits per heavy atom. The van der Waals surface area contributed by atoms with Crippen LogP contribution in [0.2, 0.25) is 0 Å². The van der Waals surface area contributed by atoms with E-state index >= 15 is 0 Å². The van der Waals surface area contributed by atoms with Crippen LogP contribution in [0.3, 0.4) is 0 Å². The molecule has 1 atom stereocenters. The monoisotopic (exact) mass is 546 g/mol. The van der Waals surface area contributed by atoms with Gasteiger partial charge < -0.3 is 15.4 Å². The van der Waals surface area contributed by atoms with Crippen molar-refractivity contribution in [2.24, 2.45) is 0 Å². The minimum Gasteiger partial charge on any atom is -0.379 e. The highest BCUT2D eigenvalue weighted by Crippen LogP contribution is 2.32. The molecule has 1 aliphatic carbocycles. The van der Waals surface area contributed by atoms with E-state index in [0.29, 0.717) is 38.1 Å². The average Bonchev–Trinajstić information content (AvgIpc) is 3.42. The maximum absolute atomic E-state index is 13.3.